The van der Waals surface area contributed by atoms with E-state index in [9.17, 15) is 13.2 Å². The maximum Gasteiger partial charge on any atom is 0.286 e. The summed E-state index contributed by atoms with van der Waals surface area (Å²) >= 11 is 0. The third kappa shape index (κ3) is 3.98. The van der Waals surface area contributed by atoms with Crippen molar-refractivity contribution in [2.75, 3.05) is 25.5 Å². The Balaban J connectivity index is 1.49. The molecule has 2 heterocycles. The van der Waals surface area contributed by atoms with E-state index in [0.717, 1.165) is 18.5 Å². The summed E-state index contributed by atoms with van der Waals surface area (Å²) in [6.07, 6.45) is 2.70. The van der Waals surface area contributed by atoms with E-state index in [1.54, 1.807) is 31.1 Å². The number of benzene rings is 2. The second-order valence-corrected chi connectivity index (χ2v) is 8.97. The molecule has 0 atom stereocenters. The fraction of sp³-hybridized carbons (Fsp3) is 0.333. The highest BCUT2D eigenvalue weighted by Crippen LogP contribution is 2.38. The molecule has 0 bridgehead atoms. The monoisotopic (exact) mass is 413 g/mol. The number of sulfonamides is 1. The Kier molecular flexibility index (Phi) is 5.04. The summed E-state index contributed by atoms with van der Waals surface area (Å²) in [4.78, 5) is 15.4. The minimum Gasteiger partial charge on any atom is -0.457 e. The molecule has 1 amide bonds. The molecule has 7 nitrogen and oxygen atoms in total. The first-order valence-corrected chi connectivity index (χ1v) is 11.0. The first-order valence-electron chi connectivity index (χ1n) is 9.56. The van der Waals surface area contributed by atoms with Crippen molar-refractivity contribution in [2.24, 2.45) is 4.40 Å². The Bertz CT molecular complexity index is 1080. The van der Waals surface area contributed by atoms with Gasteiger partial charge >= 0.3 is 0 Å². The van der Waals surface area contributed by atoms with Gasteiger partial charge in [-0.2, -0.15) is 8.42 Å². The van der Waals surface area contributed by atoms with E-state index in [0.29, 0.717) is 42.3 Å². The third-order valence-corrected chi connectivity index (χ3v) is 6.44. The molecular formula is C21H23N3O4S. The topological polar surface area (TPSA) is 79.3 Å². The van der Waals surface area contributed by atoms with Gasteiger partial charge < -0.3 is 14.5 Å². The largest absolute Gasteiger partial charge is 0.457 e. The van der Waals surface area contributed by atoms with Gasteiger partial charge in [-0.05, 0) is 42.7 Å². The molecule has 2 aliphatic rings. The van der Waals surface area contributed by atoms with Gasteiger partial charge in [-0.25, -0.2) is 0 Å². The van der Waals surface area contributed by atoms with Crippen molar-refractivity contribution in [3.8, 4) is 11.5 Å². The molecule has 0 saturated carbocycles. The zero-order chi connectivity index (χ0) is 20.6. The van der Waals surface area contributed by atoms with Crippen molar-refractivity contribution >= 4 is 27.5 Å². The van der Waals surface area contributed by atoms with Gasteiger partial charge in [-0.3, -0.25) is 4.79 Å². The second-order valence-electron chi connectivity index (χ2n) is 7.40. The number of aryl methyl sites for hydroxylation is 1. The molecule has 2 aliphatic heterocycles. The van der Waals surface area contributed by atoms with Gasteiger partial charge in [-0.1, -0.05) is 12.1 Å². The molecule has 29 heavy (non-hydrogen) atoms. The van der Waals surface area contributed by atoms with E-state index in [-0.39, 0.29) is 10.8 Å². The molecule has 0 radical (unpaired) electrons. The molecule has 2 aromatic carbocycles. The minimum atomic E-state index is -3.71. The molecule has 1 saturated heterocycles. The smallest absolute Gasteiger partial charge is 0.286 e. The molecule has 4 rings (SSSR count). The number of carbonyl (C=O) groups is 1. The van der Waals surface area contributed by atoms with Crippen molar-refractivity contribution in [1.29, 1.82) is 0 Å². The summed E-state index contributed by atoms with van der Waals surface area (Å²) in [6, 6.07) is 12.6. The molecule has 0 N–H and O–H groups in total. The van der Waals surface area contributed by atoms with Crippen LogP contribution in [0.2, 0.25) is 0 Å². The summed E-state index contributed by atoms with van der Waals surface area (Å²) in [5, 5.41) is 0. The molecule has 0 aliphatic carbocycles. The number of amidine groups is 1. The number of hydrogen-bond acceptors (Lipinski definition) is 5. The predicted molar refractivity (Wildman–Crippen MR) is 111 cm³/mol. The molecule has 0 aromatic heterocycles. The Morgan fingerprint density at radius 1 is 1.14 bits per heavy atom. The Morgan fingerprint density at radius 3 is 2.59 bits per heavy atom. The number of nitrogens with zero attached hydrogens (tertiary/aromatic N) is 3. The van der Waals surface area contributed by atoms with Crippen LogP contribution >= 0.6 is 0 Å². The molecule has 2 aromatic rings. The summed E-state index contributed by atoms with van der Waals surface area (Å²) < 4.78 is 34.9. The lowest BCUT2D eigenvalue weighted by Gasteiger charge is -2.25. The number of hydrogen-bond donors (Lipinski definition) is 0. The average Bonchev–Trinajstić information content (AvgIpc) is 3.14. The fourth-order valence-electron chi connectivity index (χ4n) is 3.52. The Hall–Kier alpha value is -2.87. The van der Waals surface area contributed by atoms with E-state index in [2.05, 4.69) is 4.40 Å². The molecule has 0 unspecified atom stereocenters. The molecule has 1 fully saturated rings. The van der Waals surface area contributed by atoms with Crippen LogP contribution in [0, 0.1) is 0 Å². The lowest BCUT2D eigenvalue weighted by atomic mass is 10.1. The summed E-state index contributed by atoms with van der Waals surface area (Å²) in [7, 11) is -0.222. The third-order valence-electron chi connectivity index (χ3n) is 5.10. The van der Waals surface area contributed by atoms with Crippen LogP contribution in [0.15, 0.2) is 51.8 Å². The van der Waals surface area contributed by atoms with Gasteiger partial charge in [-0.15, -0.1) is 4.40 Å². The normalized spacial score (nSPS) is 16.6. The van der Waals surface area contributed by atoms with Crippen molar-refractivity contribution in [3.63, 3.8) is 0 Å². The highest BCUT2D eigenvalue weighted by molar-refractivity contribution is 7.90. The number of anilines is 1. The Labute approximate surface area is 170 Å². The fourth-order valence-corrected chi connectivity index (χ4v) is 4.80. The number of rotatable bonds is 5. The Morgan fingerprint density at radius 2 is 1.86 bits per heavy atom. The molecule has 8 heteroatoms. The second kappa shape index (κ2) is 7.51. The molecule has 0 spiro atoms. The van der Waals surface area contributed by atoms with Crippen LogP contribution in [0.5, 0.6) is 11.5 Å². The van der Waals surface area contributed by atoms with Crippen LogP contribution in [0.3, 0.4) is 0 Å². The van der Waals surface area contributed by atoms with Gasteiger partial charge in [0.25, 0.3) is 10.0 Å². The molecule has 152 valence electrons. The van der Waals surface area contributed by atoms with Gasteiger partial charge in [0.05, 0.1) is 5.69 Å². The first-order chi connectivity index (χ1) is 13.8. The quantitative estimate of drug-likeness (QED) is 0.752. The van der Waals surface area contributed by atoms with Crippen LogP contribution in [0.1, 0.15) is 24.8 Å². The highest BCUT2D eigenvalue weighted by Gasteiger charge is 2.33. The molecular weight excluding hydrogens is 390 g/mol. The van der Waals surface area contributed by atoms with Crippen LogP contribution in [0.25, 0.3) is 0 Å². The lowest BCUT2D eigenvalue weighted by Crippen LogP contribution is -2.30. The van der Waals surface area contributed by atoms with Crippen LogP contribution in [-0.2, 0) is 21.2 Å². The number of fused-ring (bicyclic) bond motifs is 3. The summed E-state index contributed by atoms with van der Waals surface area (Å²) in [5.41, 5.74) is 1.71. The summed E-state index contributed by atoms with van der Waals surface area (Å²) in [6.45, 7) is 0.777. The number of ether oxygens (including phenoxy) is 1. The minimum absolute atomic E-state index is 0.0874. The number of carbonyl (C=O) groups excluding carboxylic acids is 1. The predicted octanol–water partition coefficient (Wildman–Crippen LogP) is 3.20. The van der Waals surface area contributed by atoms with Crippen LogP contribution in [-0.4, -0.2) is 45.7 Å². The van der Waals surface area contributed by atoms with Crippen molar-refractivity contribution < 1.29 is 17.9 Å². The van der Waals surface area contributed by atoms with Gasteiger partial charge in [0.2, 0.25) is 5.91 Å². The van der Waals surface area contributed by atoms with E-state index in [4.69, 9.17) is 4.74 Å². The zero-order valence-corrected chi connectivity index (χ0v) is 17.3. The van der Waals surface area contributed by atoms with Gasteiger partial charge in [0, 0.05) is 39.5 Å². The van der Waals surface area contributed by atoms with E-state index in [1.807, 2.05) is 29.2 Å². The van der Waals surface area contributed by atoms with Crippen molar-refractivity contribution in [2.45, 2.75) is 30.6 Å². The number of amides is 1. The first kappa shape index (κ1) is 19.4. The lowest BCUT2D eigenvalue weighted by molar-refractivity contribution is -0.128. The average molecular weight is 413 g/mol. The van der Waals surface area contributed by atoms with E-state index in [1.165, 1.54) is 6.07 Å². The van der Waals surface area contributed by atoms with Crippen molar-refractivity contribution in [1.82, 2.24) is 4.90 Å². The van der Waals surface area contributed by atoms with E-state index < -0.39 is 10.0 Å². The standard InChI is InChI=1S/C21H23N3O4S/c1-23(2)21(25)12-7-15-5-8-16(9-6-15)28-17-10-11-18-19(14-17)29(26,27)22-20-4-3-13-24(18)20/h5-6,8-11,14H,3-4,7,12-13H2,1-2H3. The maximum atomic E-state index is 12.5. The van der Waals surface area contributed by atoms with Gasteiger partial charge in [0.1, 0.15) is 22.2 Å². The van der Waals surface area contributed by atoms with Crippen molar-refractivity contribution in [3.05, 3.63) is 48.0 Å². The SMILES string of the molecule is CN(C)C(=O)CCc1ccc(Oc2ccc3c(c2)S(=O)(=O)N=C2CCCN23)cc1. The summed E-state index contributed by atoms with van der Waals surface area (Å²) in [5.74, 6) is 1.76. The zero-order valence-electron chi connectivity index (χ0n) is 16.5. The van der Waals surface area contributed by atoms with Gasteiger partial charge in [0.15, 0.2) is 0 Å². The highest BCUT2D eigenvalue weighted by atomic mass is 32.2. The van der Waals surface area contributed by atoms with Crippen LogP contribution < -0.4 is 9.64 Å². The maximum absolute atomic E-state index is 12.5. The van der Waals surface area contributed by atoms with Crippen LogP contribution in [0.4, 0.5) is 5.69 Å². The van der Waals surface area contributed by atoms with E-state index >= 15 is 0 Å².